The second kappa shape index (κ2) is 5.06. The number of nitrogens with zero attached hydrogens (tertiary/aromatic N) is 1. The minimum Gasteiger partial charge on any atom is -0.315 e. The Labute approximate surface area is 120 Å². The van der Waals surface area contributed by atoms with Gasteiger partial charge >= 0.3 is 6.18 Å². The number of hydrogen-bond acceptors (Lipinski definition) is 1. The highest BCUT2D eigenvalue weighted by molar-refractivity contribution is 5.71. The summed E-state index contributed by atoms with van der Waals surface area (Å²) in [5, 5.41) is 0. The van der Waals surface area contributed by atoms with Crippen LogP contribution in [0.2, 0.25) is 0 Å². The molecule has 1 aromatic carbocycles. The first-order valence-electron chi connectivity index (χ1n) is 6.48. The van der Waals surface area contributed by atoms with Crippen molar-refractivity contribution in [3.63, 3.8) is 0 Å². The van der Waals surface area contributed by atoms with Gasteiger partial charge in [-0.1, -0.05) is 23.8 Å². The number of aromatic nitrogens is 1. The van der Waals surface area contributed by atoms with Crippen molar-refractivity contribution >= 4 is 0 Å². The summed E-state index contributed by atoms with van der Waals surface area (Å²) in [6.07, 6.45) is -4.56. The van der Waals surface area contributed by atoms with Crippen molar-refractivity contribution in [1.82, 2.24) is 4.57 Å². The lowest BCUT2D eigenvalue weighted by atomic mass is 9.95. The van der Waals surface area contributed by atoms with E-state index in [1.54, 1.807) is 25.1 Å². The fourth-order valence-corrected chi connectivity index (χ4v) is 2.40. The number of rotatable bonds is 1. The number of pyridine rings is 1. The van der Waals surface area contributed by atoms with E-state index in [-0.39, 0.29) is 11.3 Å². The van der Waals surface area contributed by atoms with Gasteiger partial charge in [0.15, 0.2) is 0 Å². The second-order valence-corrected chi connectivity index (χ2v) is 5.25. The topological polar surface area (TPSA) is 22.0 Å². The predicted molar refractivity (Wildman–Crippen MR) is 76.3 cm³/mol. The van der Waals surface area contributed by atoms with Crippen LogP contribution in [0.25, 0.3) is 11.1 Å². The normalized spacial score (nSPS) is 11.8. The van der Waals surface area contributed by atoms with Gasteiger partial charge in [-0.25, -0.2) is 0 Å². The van der Waals surface area contributed by atoms with Gasteiger partial charge in [0.1, 0.15) is 0 Å². The number of hydrogen-bond donors (Lipinski definition) is 0. The molecule has 0 aliphatic heterocycles. The SMILES string of the molecule is Cc1ccc(-c2c(C(F)(F)F)cc(C)n(C)c2=O)c(C)c1. The zero-order valence-corrected chi connectivity index (χ0v) is 12.3. The zero-order valence-electron chi connectivity index (χ0n) is 12.3. The molecule has 0 bridgehead atoms. The molecule has 0 aliphatic rings. The largest absolute Gasteiger partial charge is 0.417 e. The molecular formula is C16H16F3NO. The van der Waals surface area contributed by atoms with E-state index in [2.05, 4.69) is 0 Å². The molecule has 0 amide bonds. The van der Waals surface area contributed by atoms with E-state index in [1.165, 1.54) is 18.5 Å². The minimum atomic E-state index is -4.56. The third kappa shape index (κ3) is 2.73. The fraction of sp³-hybridized carbons (Fsp3) is 0.312. The van der Waals surface area contributed by atoms with E-state index in [1.807, 2.05) is 6.92 Å². The Morgan fingerprint density at radius 2 is 1.67 bits per heavy atom. The summed E-state index contributed by atoms with van der Waals surface area (Å²) in [5.41, 5.74) is 0.405. The quantitative estimate of drug-likeness (QED) is 0.779. The third-order valence-corrected chi connectivity index (χ3v) is 3.63. The summed E-state index contributed by atoms with van der Waals surface area (Å²) in [7, 11) is 1.48. The summed E-state index contributed by atoms with van der Waals surface area (Å²) in [4.78, 5) is 12.4. The summed E-state index contributed by atoms with van der Waals surface area (Å²) in [6, 6.07) is 6.08. The molecule has 0 saturated heterocycles. The van der Waals surface area contributed by atoms with Gasteiger partial charge in [-0.3, -0.25) is 4.79 Å². The van der Waals surface area contributed by atoms with Crippen molar-refractivity contribution in [2.75, 3.05) is 0 Å². The molecule has 2 nitrogen and oxygen atoms in total. The van der Waals surface area contributed by atoms with Crippen LogP contribution in [0.15, 0.2) is 29.1 Å². The van der Waals surface area contributed by atoms with Gasteiger partial charge in [0.05, 0.1) is 11.1 Å². The number of aryl methyl sites for hydroxylation is 3. The van der Waals surface area contributed by atoms with E-state index < -0.39 is 17.3 Å². The molecule has 0 aliphatic carbocycles. The van der Waals surface area contributed by atoms with Gasteiger partial charge in [0.25, 0.3) is 5.56 Å². The van der Waals surface area contributed by atoms with Crippen LogP contribution in [-0.2, 0) is 13.2 Å². The van der Waals surface area contributed by atoms with Gasteiger partial charge < -0.3 is 4.57 Å². The maximum atomic E-state index is 13.3. The lowest BCUT2D eigenvalue weighted by Crippen LogP contribution is -2.25. The standard InChI is InChI=1S/C16H16F3NO/c1-9-5-6-12(10(2)7-9)14-13(16(17,18)19)8-11(3)20(4)15(14)21/h5-8H,1-4H3. The molecule has 2 rings (SSSR count). The van der Waals surface area contributed by atoms with Crippen LogP contribution in [-0.4, -0.2) is 4.57 Å². The summed E-state index contributed by atoms with van der Waals surface area (Å²) >= 11 is 0. The molecule has 2 aromatic rings. The monoisotopic (exact) mass is 295 g/mol. The number of benzene rings is 1. The Morgan fingerprint density at radius 3 is 2.19 bits per heavy atom. The first-order chi connectivity index (χ1) is 9.62. The van der Waals surface area contributed by atoms with E-state index in [0.717, 1.165) is 11.6 Å². The van der Waals surface area contributed by atoms with E-state index >= 15 is 0 Å². The van der Waals surface area contributed by atoms with Gasteiger partial charge in [0.2, 0.25) is 0 Å². The molecule has 0 atom stereocenters. The van der Waals surface area contributed by atoms with Gasteiger partial charge in [-0.05, 0) is 38.0 Å². The number of alkyl halides is 3. The molecule has 0 saturated carbocycles. The maximum Gasteiger partial charge on any atom is 0.417 e. The molecule has 0 radical (unpaired) electrons. The predicted octanol–water partition coefficient (Wildman–Crippen LogP) is 4.00. The molecule has 1 aromatic heterocycles. The van der Waals surface area contributed by atoms with Crippen molar-refractivity contribution in [2.24, 2.45) is 7.05 Å². The number of halogens is 3. The fourth-order valence-electron chi connectivity index (χ4n) is 2.40. The Kier molecular flexibility index (Phi) is 3.70. The Morgan fingerprint density at radius 1 is 1.05 bits per heavy atom. The lowest BCUT2D eigenvalue weighted by molar-refractivity contribution is -0.137. The van der Waals surface area contributed by atoms with Crippen molar-refractivity contribution in [1.29, 1.82) is 0 Å². The van der Waals surface area contributed by atoms with Crippen molar-refractivity contribution in [3.8, 4) is 11.1 Å². The molecule has 112 valence electrons. The van der Waals surface area contributed by atoms with Crippen molar-refractivity contribution < 1.29 is 13.2 Å². The highest BCUT2D eigenvalue weighted by Crippen LogP contribution is 2.36. The highest BCUT2D eigenvalue weighted by atomic mass is 19.4. The molecule has 1 heterocycles. The molecule has 0 unspecified atom stereocenters. The highest BCUT2D eigenvalue weighted by Gasteiger charge is 2.36. The zero-order chi connectivity index (χ0) is 15.9. The molecule has 0 spiro atoms. The van der Waals surface area contributed by atoms with Crippen LogP contribution in [0.3, 0.4) is 0 Å². The van der Waals surface area contributed by atoms with Gasteiger partial charge in [-0.15, -0.1) is 0 Å². The van der Waals surface area contributed by atoms with E-state index in [0.29, 0.717) is 11.1 Å². The molecule has 0 N–H and O–H groups in total. The molecule has 5 heteroatoms. The van der Waals surface area contributed by atoms with Crippen molar-refractivity contribution in [2.45, 2.75) is 26.9 Å². The van der Waals surface area contributed by atoms with Crippen LogP contribution in [0.1, 0.15) is 22.4 Å². The van der Waals surface area contributed by atoms with Gasteiger partial charge in [0, 0.05) is 12.7 Å². The smallest absolute Gasteiger partial charge is 0.315 e. The van der Waals surface area contributed by atoms with Crippen LogP contribution in [0, 0.1) is 20.8 Å². The Balaban J connectivity index is 2.90. The Bertz CT molecular complexity index is 757. The summed E-state index contributed by atoms with van der Waals surface area (Å²) in [6.45, 7) is 5.05. The molecule has 21 heavy (non-hydrogen) atoms. The maximum absolute atomic E-state index is 13.3. The second-order valence-electron chi connectivity index (χ2n) is 5.25. The first-order valence-corrected chi connectivity index (χ1v) is 6.48. The van der Waals surface area contributed by atoms with Crippen LogP contribution in [0.4, 0.5) is 13.2 Å². The first kappa shape index (κ1) is 15.4. The lowest BCUT2D eigenvalue weighted by Gasteiger charge is -2.17. The minimum absolute atomic E-state index is 0.279. The molecule has 0 fully saturated rings. The summed E-state index contributed by atoms with van der Waals surface area (Å²) in [5.74, 6) is 0. The third-order valence-electron chi connectivity index (χ3n) is 3.63. The average molecular weight is 295 g/mol. The van der Waals surface area contributed by atoms with Crippen molar-refractivity contribution in [3.05, 3.63) is 57.0 Å². The summed E-state index contributed by atoms with van der Waals surface area (Å²) < 4.78 is 41.1. The van der Waals surface area contributed by atoms with Crippen LogP contribution in [0.5, 0.6) is 0 Å². The van der Waals surface area contributed by atoms with Crippen LogP contribution >= 0.6 is 0 Å². The van der Waals surface area contributed by atoms with Crippen LogP contribution < -0.4 is 5.56 Å². The molecular weight excluding hydrogens is 279 g/mol. The van der Waals surface area contributed by atoms with Gasteiger partial charge in [-0.2, -0.15) is 13.2 Å². The van der Waals surface area contributed by atoms with E-state index in [9.17, 15) is 18.0 Å². The Hall–Kier alpha value is -2.04. The average Bonchev–Trinajstić information content (AvgIpc) is 2.36. The van der Waals surface area contributed by atoms with E-state index in [4.69, 9.17) is 0 Å².